The summed E-state index contributed by atoms with van der Waals surface area (Å²) in [6.45, 7) is 4.57. The molecule has 1 nitrogen and oxygen atoms in total. The van der Waals surface area contributed by atoms with Crippen LogP contribution in [-0.2, 0) is 28.1 Å². The maximum atomic E-state index is 12.2. The zero-order chi connectivity index (χ0) is 27.9. The SMILES string of the molecule is CC[Si](CC)=C1Cc2ccccc2C(C2c3ccc(-c4ccccc4)cc3-c3cc(-c4ccccc4)ccc32)=C1O.[Cl-].[Cl-].[Ti+2]. The van der Waals surface area contributed by atoms with E-state index in [0.29, 0.717) is 5.76 Å². The number of fused-ring (bicyclic) bond motifs is 4. The number of aliphatic hydroxyl groups excluding tert-OH is 1. The van der Waals surface area contributed by atoms with Gasteiger partial charge in [-0.15, -0.1) is 0 Å². The van der Waals surface area contributed by atoms with Crippen molar-refractivity contribution in [3.8, 4) is 33.4 Å². The van der Waals surface area contributed by atoms with E-state index in [1.165, 1.54) is 60.8 Å². The first-order valence-electron chi connectivity index (χ1n) is 14.8. The van der Waals surface area contributed by atoms with E-state index < -0.39 is 8.41 Å². The van der Waals surface area contributed by atoms with Crippen LogP contribution in [0.15, 0.2) is 127 Å². The molecular formula is C39H34Cl2OSiTi. The number of rotatable bonds is 5. The van der Waals surface area contributed by atoms with Crippen LogP contribution in [-0.4, -0.2) is 18.7 Å². The van der Waals surface area contributed by atoms with Gasteiger partial charge in [0.2, 0.25) is 0 Å². The molecule has 0 amide bonds. The van der Waals surface area contributed by atoms with Gasteiger partial charge in [-0.2, -0.15) is 0 Å². The summed E-state index contributed by atoms with van der Waals surface area (Å²) in [6, 6.07) is 46.2. The molecular weight excluding hydrogens is 631 g/mol. The predicted octanol–water partition coefficient (Wildman–Crippen LogP) is 3.95. The van der Waals surface area contributed by atoms with Gasteiger partial charge in [0, 0.05) is 19.9 Å². The molecule has 7 rings (SSSR count). The first-order chi connectivity index (χ1) is 20.2. The van der Waals surface area contributed by atoms with E-state index in [2.05, 4.69) is 135 Å². The molecule has 0 saturated heterocycles. The normalized spacial score (nSPS) is 13.1. The Morgan fingerprint density at radius 1 is 0.591 bits per heavy atom. The van der Waals surface area contributed by atoms with Gasteiger partial charge in [0.15, 0.2) is 0 Å². The maximum absolute atomic E-state index is 12.2. The molecule has 44 heavy (non-hydrogen) atoms. The van der Waals surface area contributed by atoms with E-state index in [-0.39, 0.29) is 52.4 Å². The van der Waals surface area contributed by atoms with Crippen molar-refractivity contribution in [2.45, 2.75) is 38.3 Å². The summed E-state index contributed by atoms with van der Waals surface area (Å²) in [5.74, 6) is 0.549. The monoisotopic (exact) mass is 664 g/mol. The number of benzene rings is 5. The van der Waals surface area contributed by atoms with Gasteiger partial charge in [-0.05, 0) is 91.4 Å². The van der Waals surface area contributed by atoms with Crippen molar-refractivity contribution in [2.75, 3.05) is 0 Å². The number of halogens is 2. The Labute approximate surface area is 290 Å². The van der Waals surface area contributed by atoms with E-state index in [1.807, 2.05) is 0 Å². The molecule has 0 spiro atoms. The van der Waals surface area contributed by atoms with Gasteiger partial charge in [-0.3, -0.25) is 0 Å². The molecule has 0 atom stereocenters. The number of aliphatic hydroxyl groups is 1. The van der Waals surface area contributed by atoms with Crippen LogP contribution < -0.4 is 24.8 Å². The molecule has 0 unspecified atom stereocenters. The minimum Gasteiger partial charge on any atom is -1.00 e. The third-order valence-electron chi connectivity index (χ3n) is 9.02. The topological polar surface area (TPSA) is 20.2 Å². The molecule has 5 heteroatoms. The Bertz CT molecular complexity index is 1750. The quantitative estimate of drug-likeness (QED) is 0.282. The third kappa shape index (κ3) is 5.87. The minimum absolute atomic E-state index is 0. The summed E-state index contributed by atoms with van der Waals surface area (Å²) in [4.78, 5) is 0. The maximum Gasteiger partial charge on any atom is 2.00 e. The van der Waals surface area contributed by atoms with Gasteiger partial charge in [0.25, 0.3) is 0 Å². The summed E-state index contributed by atoms with van der Waals surface area (Å²) in [6.07, 6.45) is 0.869. The van der Waals surface area contributed by atoms with Crippen molar-refractivity contribution in [2.24, 2.45) is 0 Å². The molecule has 0 fully saturated rings. The van der Waals surface area contributed by atoms with E-state index in [0.717, 1.165) is 24.1 Å². The second kappa shape index (κ2) is 14.4. The number of hydrogen-bond donors (Lipinski definition) is 1. The second-order valence-corrected chi connectivity index (χ2v) is 14.4. The number of allylic oxidation sites excluding steroid dienone is 2. The number of hydrogen-bond acceptors (Lipinski definition) is 1. The summed E-state index contributed by atoms with van der Waals surface area (Å²) < 4.78 is 0. The fourth-order valence-electron chi connectivity index (χ4n) is 6.94. The Morgan fingerprint density at radius 2 is 1.07 bits per heavy atom. The molecule has 2 aliphatic rings. The molecule has 0 aromatic heterocycles. The molecule has 5 aromatic rings. The molecule has 218 valence electrons. The predicted molar refractivity (Wildman–Crippen MR) is 176 cm³/mol. The van der Waals surface area contributed by atoms with E-state index in [9.17, 15) is 5.11 Å². The van der Waals surface area contributed by atoms with Crippen molar-refractivity contribution in [1.82, 2.24) is 0 Å². The average molecular weight is 666 g/mol. The molecule has 0 heterocycles. The zero-order valence-corrected chi connectivity index (χ0v) is 29.0. The molecule has 2 aliphatic carbocycles. The van der Waals surface area contributed by atoms with Crippen LogP contribution >= 0.6 is 0 Å². The first-order valence-corrected chi connectivity index (χ1v) is 16.7. The summed E-state index contributed by atoms with van der Waals surface area (Å²) in [5.41, 5.74) is 13.6. The third-order valence-corrected chi connectivity index (χ3v) is 12.0. The van der Waals surface area contributed by atoms with E-state index >= 15 is 0 Å². The van der Waals surface area contributed by atoms with Gasteiger partial charge in [-0.25, -0.2) is 0 Å². The van der Waals surface area contributed by atoms with Crippen LogP contribution in [0.4, 0.5) is 0 Å². The van der Waals surface area contributed by atoms with E-state index in [1.54, 1.807) is 0 Å². The Kier molecular flexibility index (Phi) is 11.1. The van der Waals surface area contributed by atoms with Crippen LogP contribution in [0.25, 0.3) is 39.0 Å². The van der Waals surface area contributed by atoms with Crippen LogP contribution in [0.1, 0.15) is 42.0 Å². The zero-order valence-electron chi connectivity index (χ0n) is 24.9. The van der Waals surface area contributed by atoms with Crippen LogP contribution in [0.3, 0.4) is 0 Å². The van der Waals surface area contributed by atoms with Gasteiger partial charge in [-0.1, -0.05) is 123 Å². The molecule has 0 bridgehead atoms. The molecule has 0 aliphatic heterocycles. The van der Waals surface area contributed by atoms with Crippen LogP contribution in [0.5, 0.6) is 0 Å². The average Bonchev–Trinajstić information content (AvgIpc) is 3.35. The van der Waals surface area contributed by atoms with Gasteiger partial charge < -0.3 is 29.9 Å². The molecule has 5 aromatic carbocycles. The van der Waals surface area contributed by atoms with Gasteiger partial charge >= 0.3 is 21.7 Å². The minimum atomic E-state index is -0.805. The summed E-state index contributed by atoms with van der Waals surface area (Å²) >= 11 is 0. The smallest absolute Gasteiger partial charge is 1.00 e. The second-order valence-electron chi connectivity index (χ2n) is 11.2. The molecule has 1 N–H and O–H groups in total. The fraction of sp³-hybridized carbons (Fsp3) is 0.154. The standard InChI is InChI=1S/C39H34OSi.2ClH.Ti/c1-3-41(4-2)36-25-30-17-11-12-18-31(30)38(39(36)40)37-32-21-19-28(26-13-7-5-8-14-26)23-34(32)35-24-29(20-22-33(35)37)27-15-9-6-10-16-27;;;/h5-24,37,40H,3-4,25H2,1-2H3;2*1H;/q;;;+2/p-2. The Morgan fingerprint density at radius 3 is 1.57 bits per heavy atom. The van der Waals surface area contributed by atoms with Crippen molar-refractivity contribution in [3.63, 3.8) is 0 Å². The summed E-state index contributed by atoms with van der Waals surface area (Å²) in [7, 11) is -0.805. The Balaban J connectivity index is 0.00000147. The van der Waals surface area contributed by atoms with Gasteiger partial charge in [0.05, 0.1) is 0 Å². The van der Waals surface area contributed by atoms with Crippen LogP contribution in [0, 0.1) is 0 Å². The molecule has 0 radical (unpaired) electrons. The van der Waals surface area contributed by atoms with Crippen LogP contribution in [0.2, 0.25) is 12.1 Å². The summed E-state index contributed by atoms with van der Waals surface area (Å²) in [5, 5.41) is 13.4. The van der Waals surface area contributed by atoms with Crippen molar-refractivity contribution >= 4 is 19.2 Å². The first kappa shape index (κ1) is 33.9. The van der Waals surface area contributed by atoms with Crippen molar-refractivity contribution in [1.29, 1.82) is 0 Å². The van der Waals surface area contributed by atoms with Crippen molar-refractivity contribution in [3.05, 3.63) is 149 Å². The molecule has 0 saturated carbocycles. The largest absolute Gasteiger partial charge is 2.00 e. The van der Waals surface area contributed by atoms with Gasteiger partial charge in [0.1, 0.15) is 5.76 Å². The van der Waals surface area contributed by atoms with Crippen molar-refractivity contribution < 1.29 is 51.6 Å². The Hall–Kier alpha value is -2.98. The van der Waals surface area contributed by atoms with E-state index in [4.69, 9.17) is 0 Å². The fourth-order valence-corrected chi connectivity index (χ4v) is 9.21.